The molecule has 3 aliphatic rings. The lowest BCUT2D eigenvalue weighted by Crippen LogP contribution is -2.53. The quantitative estimate of drug-likeness (QED) is 0.329. The highest BCUT2D eigenvalue weighted by Crippen LogP contribution is 2.36. The number of carbonyl (C=O) groups excluding carboxylic acids is 5. The molecule has 3 heterocycles. The Hall–Kier alpha value is -3.89. The van der Waals surface area contributed by atoms with Crippen molar-refractivity contribution in [2.75, 3.05) is 20.2 Å². The highest BCUT2D eigenvalue weighted by molar-refractivity contribution is 6.00. The van der Waals surface area contributed by atoms with E-state index in [1.165, 1.54) is 7.11 Å². The maximum Gasteiger partial charge on any atom is 0.328 e. The molecule has 1 aromatic carbocycles. The van der Waals surface area contributed by atoms with Crippen LogP contribution in [0.2, 0.25) is 0 Å². The highest BCUT2D eigenvalue weighted by Gasteiger charge is 2.47. The molecule has 2 aliphatic heterocycles. The number of nitrogens with one attached hydrogen (secondary N) is 4. The van der Waals surface area contributed by atoms with Gasteiger partial charge < -0.3 is 30.6 Å². The third-order valence-corrected chi connectivity index (χ3v) is 9.57. The van der Waals surface area contributed by atoms with Gasteiger partial charge in [-0.1, -0.05) is 50.3 Å². The number of benzene rings is 1. The van der Waals surface area contributed by atoms with Gasteiger partial charge in [0.15, 0.2) is 0 Å². The molecule has 3 fully saturated rings. The first-order chi connectivity index (χ1) is 20.7. The van der Waals surface area contributed by atoms with E-state index in [9.17, 15) is 24.0 Å². The lowest BCUT2D eigenvalue weighted by molar-refractivity contribution is -0.146. The monoisotopic (exact) mass is 593 g/mol. The van der Waals surface area contributed by atoms with Crippen LogP contribution in [0.4, 0.5) is 0 Å². The van der Waals surface area contributed by atoms with Crippen LogP contribution >= 0.6 is 0 Å². The van der Waals surface area contributed by atoms with Gasteiger partial charge >= 0.3 is 5.97 Å². The van der Waals surface area contributed by atoms with Crippen LogP contribution in [0, 0.1) is 11.8 Å². The van der Waals surface area contributed by atoms with Gasteiger partial charge in [0.05, 0.1) is 7.11 Å². The summed E-state index contributed by atoms with van der Waals surface area (Å²) in [6.07, 6.45) is 7.67. The zero-order chi connectivity index (χ0) is 30.6. The fourth-order valence-corrected chi connectivity index (χ4v) is 7.08. The van der Waals surface area contributed by atoms with Crippen molar-refractivity contribution >= 4 is 40.5 Å². The highest BCUT2D eigenvalue weighted by atomic mass is 16.5. The van der Waals surface area contributed by atoms with Crippen LogP contribution in [0.1, 0.15) is 81.6 Å². The molecule has 1 unspecified atom stereocenters. The van der Waals surface area contributed by atoms with Crippen molar-refractivity contribution in [2.45, 2.75) is 88.8 Å². The van der Waals surface area contributed by atoms with E-state index in [2.05, 4.69) is 20.9 Å². The normalized spacial score (nSPS) is 21.7. The molecule has 43 heavy (non-hydrogen) atoms. The molecular formula is C32H43N5O6. The van der Waals surface area contributed by atoms with Crippen LogP contribution in [-0.2, 0) is 23.9 Å². The molecule has 0 radical (unpaired) electrons. The largest absolute Gasteiger partial charge is 0.467 e. The number of fused-ring (bicyclic) bond motifs is 1. The maximum atomic E-state index is 13.8. The van der Waals surface area contributed by atoms with Crippen LogP contribution in [0.25, 0.3) is 10.9 Å². The first-order valence-corrected chi connectivity index (χ1v) is 15.5. The number of likely N-dealkylation sites (tertiary alicyclic amines) is 1. The molecule has 232 valence electrons. The number of rotatable bonds is 9. The Morgan fingerprint density at radius 2 is 1.74 bits per heavy atom. The number of para-hydroxylation sites is 1. The molecule has 1 aliphatic carbocycles. The molecule has 1 spiro atoms. The summed E-state index contributed by atoms with van der Waals surface area (Å²) in [5.74, 6) is -1.85. The number of carbonyl (C=O) groups is 5. The standard InChI is InChI=1S/C32H43N5O6/c1-20(38)37-14-12-32(13-15-37)19-23(28(39)36-32)18-27(31(42)43-2)35-29(40)25(16-21-8-4-3-5-9-21)34-30(41)26-17-22-10-6-7-11-24(22)33-26/h6-7,10-11,17,21,23,25,27,33H,3-5,8-9,12-16,18-19H2,1-2H3,(H,34,41)(H,35,40)(H,36,39)/t23?,25-,27-/m0/s1. The Kier molecular flexibility index (Phi) is 9.37. The molecule has 3 atom stereocenters. The molecule has 11 heteroatoms. The van der Waals surface area contributed by atoms with Crippen molar-refractivity contribution in [3.05, 3.63) is 36.0 Å². The molecule has 4 amide bonds. The second-order valence-electron chi connectivity index (χ2n) is 12.5. The number of nitrogens with zero attached hydrogens (tertiary/aromatic N) is 1. The average molecular weight is 594 g/mol. The number of esters is 1. The van der Waals surface area contributed by atoms with Gasteiger partial charge in [-0.25, -0.2) is 4.79 Å². The van der Waals surface area contributed by atoms with E-state index in [1.807, 2.05) is 24.3 Å². The second kappa shape index (κ2) is 13.2. The number of aromatic nitrogens is 1. The van der Waals surface area contributed by atoms with Crippen LogP contribution in [0.15, 0.2) is 30.3 Å². The van der Waals surface area contributed by atoms with E-state index in [1.54, 1.807) is 17.9 Å². The number of aromatic amines is 1. The number of methoxy groups -OCH3 is 1. The minimum absolute atomic E-state index is 0.0172. The predicted molar refractivity (Wildman–Crippen MR) is 160 cm³/mol. The van der Waals surface area contributed by atoms with E-state index >= 15 is 0 Å². The summed E-state index contributed by atoms with van der Waals surface area (Å²) >= 11 is 0. The van der Waals surface area contributed by atoms with Crippen LogP contribution in [0.3, 0.4) is 0 Å². The molecular weight excluding hydrogens is 550 g/mol. The second-order valence-corrected chi connectivity index (χ2v) is 12.5. The van der Waals surface area contributed by atoms with E-state index in [4.69, 9.17) is 4.74 Å². The molecule has 1 saturated carbocycles. The minimum Gasteiger partial charge on any atom is -0.467 e. The van der Waals surface area contributed by atoms with Crippen molar-refractivity contribution < 1.29 is 28.7 Å². The smallest absolute Gasteiger partial charge is 0.328 e. The summed E-state index contributed by atoms with van der Waals surface area (Å²) in [7, 11) is 1.26. The summed E-state index contributed by atoms with van der Waals surface area (Å²) in [6.45, 7) is 2.68. The first kappa shape index (κ1) is 30.6. The van der Waals surface area contributed by atoms with Gasteiger partial charge in [-0.05, 0) is 50.2 Å². The predicted octanol–water partition coefficient (Wildman–Crippen LogP) is 2.80. The van der Waals surface area contributed by atoms with Crippen molar-refractivity contribution in [1.29, 1.82) is 0 Å². The van der Waals surface area contributed by atoms with Gasteiger partial charge in [0, 0.05) is 42.4 Å². The summed E-state index contributed by atoms with van der Waals surface area (Å²) in [5, 5.41) is 9.77. The first-order valence-electron chi connectivity index (χ1n) is 15.5. The Morgan fingerprint density at radius 1 is 1.02 bits per heavy atom. The van der Waals surface area contributed by atoms with E-state index in [-0.39, 0.29) is 24.2 Å². The summed E-state index contributed by atoms with van der Waals surface area (Å²) in [6, 6.07) is 7.43. The lowest BCUT2D eigenvalue weighted by Gasteiger charge is -2.39. The number of hydrogen-bond acceptors (Lipinski definition) is 6. The van der Waals surface area contributed by atoms with E-state index in [0.29, 0.717) is 44.5 Å². The van der Waals surface area contributed by atoms with Gasteiger partial charge in [0.25, 0.3) is 5.91 Å². The third-order valence-electron chi connectivity index (χ3n) is 9.57. The van der Waals surface area contributed by atoms with E-state index < -0.39 is 41.3 Å². The Balaban J connectivity index is 1.28. The molecule has 5 rings (SSSR count). The van der Waals surface area contributed by atoms with Crippen molar-refractivity contribution in [3.63, 3.8) is 0 Å². The minimum atomic E-state index is -1.04. The number of ether oxygens (including phenoxy) is 1. The maximum absolute atomic E-state index is 13.8. The third kappa shape index (κ3) is 7.19. The fourth-order valence-electron chi connectivity index (χ4n) is 7.08. The van der Waals surface area contributed by atoms with Crippen LogP contribution in [0.5, 0.6) is 0 Å². The molecule has 2 saturated heterocycles. The summed E-state index contributed by atoms with van der Waals surface area (Å²) in [5.41, 5.74) is 0.761. The Morgan fingerprint density at radius 3 is 2.42 bits per heavy atom. The number of hydrogen-bond donors (Lipinski definition) is 4. The van der Waals surface area contributed by atoms with Gasteiger partial charge in [-0.15, -0.1) is 0 Å². The van der Waals surface area contributed by atoms with Crippen molar-refractivity contribution in [1.82, 2.24) is 25.8 Å². The van der Waals surface area contributed by atoms with Gasteiger partial charge in [0.1, 0.15) is 17.8 Å². The Bertz CT molecular complexity index is 1320. The SMILES string of the molecule is COC(=O)[C@H](CC1CC2(CCN(C(C)=O)CC2)NC1=O)NC(=O)[C@H](CC1CCCCC1)NC(=O)c1cc2ccccc2[nH]1. The van der Waals surface area contributed by atoms with Gasteiger partial charge in [-0.2, -0.15) is 0 Å². The fraction of sp³-hybridized carbons (Fsp3) is 0.594. The van der Waals surface area contributed by atoms with Crippen LogP contribution in [-0.4, -0.2) is 77.3 Å². The Labute approximate surface area is 251 Å². The molecule has 0 bridgehead atoms. The zero-order valence-electron chi connectivity index (χ0n) is 25.1. The summed E-state index contributed by atoms with van der Waals surface area (Å²) in [4.78, 5) is 69.7. The van der Waals surface area contributed by atoms with E-state index in [0.717, 1.165) is 43.0 Å². The number of H-pyrrole nitrogens is 1. The molecule has 2 aromatic rings. The van der Waals surface area contributed by atoms with Crippen LogP contribution < -0.4 is 16.0 Å². The average Bonchev–Trinajstić information content (AvgIpc) is 3.57. The van der Waals surface area contributed by atoms with Crippen molar-refractivity contribution in [2.24, 2.45) is 11.8 Å². The number of piperidine rings is 1. The topological polar surface area (TPSA) is 150 Å². The zero-order valence-corrected chi connectivity index (χ0v) is 25.1. The number of amides is 4. The summed E-state index contributed by atoms with van der Waals surface area (Å²) < 4.78 is 5.03. The lowest BCUT2D eigenvalue weighted by atomic mass is 9.82. The molecule has 4 N–H and O–H groups in total. The molecule has 1 aromatic heterocycles. The van der Waals surface area contributed by atoms with Crippen molar-refractivity contribution in [3.8, 4) is 0 Å². The van der Waals surface area contributed by atoms with Gasteiger partial charge in [-0.3, -0.25) is 19.2 Å². The van der Waals surface area contributed by atoms with Gasteiger partial charge in [0.2, 0.25) is 17.7 Å². The molecule has 11 nitrogen and oxygen atoms in total.